The van der Waals surface area contributed by atoms with E-state index in [1.807, 2.05) is 31.2 Å². The second-order valence-corrected chi connectivity index (χ2v) is 9.26. The van der Waals surface area contributed by atoms with E-state index in [1.54, 1.807) is 42.0 Å². The molecule has 1 fully saturated rings. The van der Waals surface area contributed by atoms with Crippen LogP contribution in [0, 0.1) is 6.92 Å². The van der Waals surface area contributed by atoms with E-state index in [1.165, 1.54) is 6.07 Å². The first-order valence-electron chi connectivity index (χ1n) is 12.8. The molecule has 9 heteroatoms. The maximum absolute atomic E-state index is 13.0. The fraction of sp³-hybridized carbons (Fsp3) is 0.310. The van der Waals surface area contributed by atoms with Crippen LogP contribution in [-0.2, 0) is 11.2 Å². The Hall–Kier alpha value is -4.24. The number of nitrogens with zero attached hydrogens (tertiary/aromatic N) is 3. The van der Waals surface area contributed by atoms with Gasteiger partial charge in [0.05, 0.1) is 24.6 Å². The molecule has 2 aromatic heterocycles. The molecule has 196 valence electrons. The smallest absolute Gasteiger partial charge is 0.256 e. The van der Waals surface area contributed by atoms with Crippen LogP contribution in [0.4, 0.5) is 5.95 Å². The van der Waals surface area contributed by atoms with E-state index in [4.69, 9.17) is 14.5 Å². The van der Waals surface area contributed by atoms with Crippen molar-refractivity contribution in [2.75, 3.05) is 32.1 Å². The molecule has 5 rings (SSSR count). The number of hydrogen-bond acceptors (Lipinski definition) is 7. The first-order valence-corrected chi connectivity index (χ1v) is 12.8. The fourth-order valence-electron chi connectivity index (χ4n) is 4.69. The highest BCUT2D eigenvalue weighted by molar-refractivity contribution is 5.94. The number of rotatable bonds is 9. The van der Waals surface area contributed by atoms with Gasteiger partial charge in [0.2, 0.25) is 5.95 Å². The number of aryl methyl sites for hydroxylation is 1. The average molecular weight is 514 g/mol. The van der Waals surface area contributed by atoms with Crippen LogP contribution in [0.2, 0.25) is 0 Å². The highest BCUT2D eigenvalue weighted by atomic mass is 16.5. The number of methoxy groups -OCH3 is 1. The van der Waals surface area contributed by atoms with Crippen LogP contribution in [-0.4, -0.2) is 53.4 Å². The summed E-state index contributed by atoms with van der Waals surface area (Å²) in [6.07, 6.45) is 2.79. The number of hydrogen-bond donors (Lipinski definition) is 2. The van der Waals surface area contributed by atoms with Gasteiger partial charge < -0.3 is 20.1 Å². The molecule has 9 nitrogen and oxygen atoms in total. The standard InChI is InChI=1S/C29H31N5O4/c1-19-24-13-14-26(35)34(22-11-9-21(10-12-22)28(36)31-18-23-7-5-17-38-23)27(24)33-29(32-19)30-16-15-20-6-3-4-8-25(20)37-2/h3-4,6,8-14,23H,5,7,15-18H2,1-2H3,(H,31,36)(H,30,32,33). The predicted molar refractivity (Wildman–Crippen MR) is 146 cm³/mol. The van der Waals surface area contributed by atoms with Crippen LogP contribution in [0.3, 0.4) is 0 Å². The lowest BCUT2D eigenvalue weighted by Gasteiger charge is -2.14. The largest absolute Gasteiger partial charge is 0.496 e. The second kappa shape index (κ2) is 11.4. The lowest BCUT2D eigenvalue weighted by molar-refractivity contribution is 0.0858. The Morgan fingerprint density at radius 1 is 1.11 bits per heavy atom. The minimum atomic E-state index is -0.217. The fourth-order valence-corrected chi connectivity index (χ4v) is 4.69. The van der Waals surface area contributed by atoms with Crippen LogP contribution in [0.15, 0.2) is 65.5 Å². The third-order valence-electron chi connectivity index (χ3n) is 6.71. The van der Waals surface area contributed by atoms with Gasteiger partial charge in [-0.3, -0.25) is 14.2 Å². The molecular formula is C29H31N5O4. The molecule has 2 N–H and O–H groups in total. The van der Waals surface area contributed by atoms with Crippen LogP contribution >= 0.6 is 0 Å². The van der Waals surface area contributed by atoms with Gasteiger partial charge in [-0.05, 0) is 68.1 Å². The summed E-state index contributed by atoms with van der Waals surface area (Å²) in [4.78, 5) is 34.9. The third-order valence-corrected chi connectivity index (χ3v) is 6.71. The number of ether oxygens (including phenoxy) is 2. The van der Waals surface area contributed by atoms with Crippen molar-refractivity contribution in [3.63, 3.8) is 0 Å². The minimum absolute atomic E-state index is 0.0768. The van der Waals surface area contributed by atoms with E-state index >= 15 is 0 Å². The van der Waals surface area contributed by atoms with Crippen molar-refractivity contribution in [1.82, 2.24) is 19.9 Å². The van der Waals surface area contributed by atoms with Gasteiger partial charge in [0.25, 0.3) is 11.5 Å². The summed E-state index contributed by atoms with van der Waals surface area (Å²) >= 11 is 0. The molecule has 0 aliphatic carbocycles. The Morgan fingerprint density at radius 3 is 2.68 bits per heavy atom. The number of benzene rings is 2. The molecule has 0 bridgehead atoms. The predicted octanol–water partition coefficient (Wildman–Crippen LogP) is 3.66. The Morgan fingerprint density at radius 2 is 1.92 bits per heavy atom. The van der Waals surface area contributed by atoms with Crippen molar-refractivity contribution in [3.05, 3.63) is 87.8 Å². The Balaban J connectivity index is 1.36. The van der Waals surface area contributed by atoms with Gasteiger partial charge in [-0.15, -0.1) is 0 Å². The van der Waals surface area contributed by atoms with Crippen molar-refractivity contribution < 1.29 is 14.3 Å². The summed E-state index contributed by atoms with van der Waals surface area (Å²) in [5, 5.41) is 6.98. The summed E-state index contributed by atoms with van der Waals surface area (Å²) in [5.74, 6) is 1.11. The number of nitrogens with one attached hydrogen (secondary N) is 2. The van der Waals surface area contributed by atoms with E-state index in [9.17, 15) is 9.59 Å². The van der Waals surface area contributed by atoms with E-state index in [0.717, 1.165) is 48.3 Å². The van der Waals surface area contributed by atoms with E-state index < -0.39 is 0 Å². The number of carbonyl (C=O) groups is 1. The molecule has 1 aliphatic heterocycles. The molecule has 0 radical (unpaired) electrons. The normalized spacial score (nSPS) is 14.9. The Bertz CT molecular complexity index is 1490. The molecule has 2 aromatic carbocycles. The highest BCUT2D eigenvalue weighted by Crippen LogP contribution is 2.21. The molecule has 38 heavy (non-hydrogen) atoms. The molecule has 1 unspecified atom stereocenters. The second-order valence-electron chi connectivity index (χ2n) is 9.26. The van der Waals surface area contributed by atoms with Crippen molar-refractivity contribution in [2.24, 2.45) is 0 Å². The number of anilines is 1. The molecule has 3 heterocycles. The zero-order valence-electron chi connectivity index (χ0n) is 21.6. The molecule has 0 saturated carbocycles. The molecule has 1 aliphatic rings. The quantitative estimate of drug-likeness (QED) is 0.352. The number of amides is 1. The van der Waals surface area contributed by atoms with Crippen LogP contribution < -0.4 is 20.9 Å². The molecule has 4 aromatic rings. The first-order chi connectivity index (χ1) is 18.5. The van der Waals surface area contributed by atoms with Crippen molar-refractivity contribution in [2.45, 2.75) is 32.3 Å². The SMILES string of the molecule is COc1ccccc1CCNc1nc(C)c2ccc(=O)n(-c3ccc(C(=O)NCC4CCCO4)cc3)c2n1. The van der Waals surface area contributed by atoms with Gasteiger partial charge in [-0.25, -0.2) is 4.98 Å². The highest BCUT2D eigenvalue weighted by Gasteiger charge is 2.17. The summed E-state index contributed by atoms with van der Waals surface area (Å²) in [6, 6.07) is 18.1. The molecule has 1 amide bonds. The first kappa shape index (κ1) is 25.4. The molecule has 1 saturated heterocycles. The lowest BCUT2D eigenvalue weighted by Crippen LogP contribution is -2.31. The lowest BCUT2D eigenvalue weighted by atomic mass is 10.1. The zero-order chi connectivity index (χ0) is 26.5. The van der Waals surface area contributed by atoms with Gasteiger partial charge in [-0.2, -0.15) is 4.98 Å². The Labute approximate surface area is 220 Å². The van der Waals surface area contributed by atoms with Gasteiger partial charge in [-0.1, -0.05) is 18.2 Å². The number of pyridine rings is 1. The number of carbonyl (C=O) groups excluding carboxylic acids is 1. The van der Waals surface area contributed by atoms with Crippen LogP contribution in [0.5, 0.6) is 5.75 Å². The summed E-state index contributed by atoms with van der Waals surface area (Å²) in [5.41, 5.74) is 3.26. The van der Waals surface area contributed by atoms with E-state index in [-0.39, 0.29) is 17.6 Å². The number of para-hydroxylation sites is 1. The van der Waals surface area contributed by atoms with Crippen molar-refractivity contribution in [3.8, 4) is 11.4 Å². The van der Waals surface area contributed by atoms with Crippen LogP contribution in [0.25, 0.3) is 16.7 Å². The van der Waals surface area contributed by atoms with E-state index in [2.05, 4.69) is 15.6 Å². The maximum atomic E-state index is 13.0. The molecular weight excluding hydrogens is 482 g/mol. The summed E-state index contributed by atoms with van der Waals surface area (Å²) < 4.78 is 12.6. The van der Waals surface area contributed by atoms with Gasteiger partial charge in [0, 0.05) is 36.7 Å². The average Bonchev–Trinajstić information content (AvgIpc) is 3.46. The summed E-state index contributed by atoms with van der Waals surface area (Å²) in [6.45, 7) is 3.73. The molecule has 0 spiro atoms. The van der Waals surface area contributed by atoms with Crippen LogP contribution in [0.1, 0.15) is 34.5 Å². The topological polar surface area (TPSA) is 107 Å². The number of fused-ring (bicyclic) bond motifs is 1. The Kier molecular flexibility index (Phi) is 7.65. The monoisotopic (exact) mass is 513 g/mol. The summed E-state index contributed by atoms with van der Waals surface area (Å²) in [7, 11) is 1.66. The van der Waals surface area contributed by atoms with Crippen molar-refractivity contribution >= 4 is 22.9 Å². The van der Waals surface area contributed by atoms with Crippen molar-refractivity contribution in [1.29, 1.82) is 0 Å². The third kappa shape index (κ3) is 5.52. The zero-order valence-corrected chi connectivity index (χ0v) is 21.6. The molecule has 1 atom stereocenters. The maximum Gasteiger partial charge on any atom is 0.256 e. The van der Waals surface area contributed by atoms with Gasteiger partial charge in [0.15, 0.2) is 5.65 Å². The van der Waals surface area contributed by atoms with Gasteiger partial charge >= 0.3 is 0 Å². The van der Waals surface area contributed by atoms with E-state index in [0.29, 0.717) is 35.9 Å². The minimum Gasteiger partial charge on any atom is -0.496 e. The number of aromatic nitrogens is 3. The van der Waals surface area contributed by atoms with Gasteiger partial charge in [0.1, 0.15) is 5.75 Å².